The minimum atomic E-state index is -4.50. The molecular weight excluding hydrogens is 561 g/mol. The summed E-state index contributed by atoms with van der Waals surface area (Å²) in [6.45, 7) is 3.30. The van der Waals surface area contributed by atoms with E-state index in [2.05, 4.69) is 20.3 Å². The number of nitrogens with zero attached hydrogens (tertiary/aromatic N) is 4. The van der Waals surface area contributed by atoms with E-state index in [4.69, 9.17) is 20.4 Å². The molecular formula is C31H31F3N6O3. The first-order valence-electron chi connectivity index (χ1n) is 13.2. The highest BCUT2D eigenvalue weighted by molar-refractivity contribution is 5.93. The Bertz CT molecular complexity index is 1750. The number of aromatic nitrogens is 4. The van der Waals surface area contributed by atoms with Gasteiger partial charge < -0.3 is 25.5 Å². The van der Waals surface area contributed by atoms with Crippen LogP contribution in [0.15, 0.2) is 67.0 Å². The molecule has 2 aromatic heterocycles. The number of benzene rings is 3. The molecule has 0 aliphatic heterocycles. The van der Waals surface area contributed by atoms with Crippen molar-refractivity contribution in [3.8, 4) is 16.9 Å². The number of fused-ring (bicyclic) bond motifs is 1. The molecule has 2 heterocycles. The molecule has 4 N–H and O–H groups in total. The van der Waals surface area contributed by atoms with E-state index in [0.717, 1.165) is 45.8 Å². The van der Waals surface area contributed by atoms with Crippen LogP contribution in [0.25, 0.3) is 22.0 Å². The number of carbonyl (C=O) groups is 1. The number of hydrogen-bond acceptors (Lipinski definition) is 7. The molecule has 0 amide bonds. The average molecular weight is 593 g/mol. The largest absolute Gasteiger partial charge is 0.496 e. The zero-order valence-electron chi connectivity index (χ0n) is 24.0. The van der Waals surface area contributed by atoms with Crippen LogP contribution in [0.5, 0.6) is 5.75 Å². The van der Waals surface area contributed by atoms with Gasteiger partial charge in [-0.05, 0) is 66.9 Å². The van der Waals surface area contributed by atoms with Crippen molar-refractivity contribution < 1.29 is 27.8 Å². The number of nitrogens with one attached hydrogen (secondary N) is 1. The molecule has 12 heteroatoms. The van der Waals surface area contributed by atoms with E-state index < -0.39 is 17.8 Å². The summed E-state index contributed by atoms with van der Waals surface area (Å²) in [6.07, 6.45) is -0.193. The summed E-state index contributed by atoms with van der Waals surface area (Å²) >= 11 is 0. The van der Waals surface area contributed by atoms with Crippen LogP contribution in [0, 0.1) is 6.92 Å². The summed E-state index contributed by atoms with van der Waals surface area (Å²) < 4.78 is 47.8. The van der Waals surface area contributed by atoms with Crippen molar-refractivity contribution in [2.24, 2.45) is 7.05 Å². The first kappa shape index (κ1) is 30.8. The summed E-state index contributed by atoms with van der Waals surface area (Å²) in [5.41, 5.74) is 9.04. The van der Waals surface area contributed by atoms with Gasteiger partial charge in [-0.1, -0.05) is 18.2 Å². The molecule has 0 spiro atoms. The fourth-order valence-corrected chi connectivity index (χ4v) is 4.72. The molecule has 9 nitrogen and oxygen atoms in total. The Labute approximate surface area is 246 Å². The Morgan fingerprint density at radius 3 is 2.44 bits per heavy atom. The van der Waals surface area contributed by atoms with Crippen molar-refractivity contribution >= 4 is 28.9 Å². The van der Waals surface area contributed by atoms with Crippen LogP contribution in [0.4, 0.5) is 24.7 Å². The second-order valence-corrected chi connectivity index (χ2v) is 9.87. The van der Waals surface area contributed by atoms with Gasteiger partial charge in [0, 0.05) is 42.5 Å². The summed E-state index contributed by atoms with van der Waals surface area (Å²) in [5.74, 6) is 2.73. The van der Waals surface area contributed by atoms with Crippen LogP contribution in [-0.4, -0.2) is 38.2 Å². The van der Waals surface area contributed by atoms with Gasteiger partial charge in [0.25, 0.3) is 6.47 Å². The van der Waals surface area contributed by atoms with E-state index in [0.29, 0.717) is 29.1 Å². The smallest absolute Gasteiger partial charge is 0.416 e. The second-order valence-electron chi connectivity index (χ2n) is 9.87. The van der Waals surface area contributed by atoms with E-state index in [1.807, 2.05) is 54.2 Å². The van der Waals surface area contributed by atoms with Crippen LogP contribution >= 0.6 is 0 Å². The Hall–Kier alpha value is -5.13. The van der Waals surface area contributed by atoms with E-state index in [1.54, 1.807) is 27.2 Å². The predicted octanol–water partition coefficient (Wildman–Crippen LogP) is 6.41. The summed E-state index contributed by atoms with van der Waals surface area (Å²) in [5, 5.41) is 10.9. The van der Waals surface area contributed by atoms with Gasteiger partial charge in [-0.2, -0.15) is 13.2 Å². The van der Waals surface area contributed by atoms with Gasteiger partial charge in [-0.25, -0.2) is 15.0 Å². The summed E-state index contributed by atoms with van der Waals surface area (Å²) in [6, 6.07) is 15.0. The SMILES string of the molecule is COc1cc(-c2ccc3nc(C)nc(N[C@H](C)c4cc(N)cc(C(F)(F)F)c4)c3c2)ccc1Cc1nccn1C.O=CO. The first-order valence-corrected chi connectivity index (χ1v) is 13.2. The Balaban J connectivity index is 0.00000135. The van der Waals surface area contributed by atoms with E-state index in [9.17, 15) is 13.2 Å². The first-order chi connectivity index (χ1) is 20.4. The van der Waals surface area contributed by atoms with Gasteiger partial charge in [-0.3, -0.25) is 4.79 Å². The van der Waals surface area contributed by atoms with Crippen molar-refractivity contribution in [3.63, 3.8) is 0 Å². The minimum absolute atomic E-state index is 0.0461. The zero-order chi connectivity index (χ0) is 31.3. The lowest BCUT2D eigenvalue weighted by Gasteiger charge is -2.19. The number of imidazole rings is 1. The molecule has 5 rings (SSSR count). The molecule has 0 fully saturated rings. The standard InChI is InChI=1S/C30H29F3N6O.CH2O2/c1-17(22-11-23(30(31,32)33)16-24(34)12-22)36-29-25-13-19(7-8-26(25)37-18(2)38-29)20-5-6-21(27(14-20)40-4)15-28-35-9-10-39(28)3;2-1-3/h5-14,16-17H,15,34H2,1-4H3,(H,36,37,38);1H,(H,2,3)/t17-;/m1./s1. The van der Waals surface area contributed by atoms with Crippen LogP contribution in [-0.2, 0) is 24.4 Å². The normalized spacial score (nSPS) is 11.9. The van der Waals surface area contributed by atoms with Gasteiger partial charge in [-0.15, -0.1) is 0 Å². The van der Waals surface area contributed by atoms with Gasteiger partial charge in [0.2, 0.25) is 0 Å². The lowest BCUT2D eigenvalue weighted by molar-refractivity contribution is -0.137. The fourth-order valence-electron chi connectivity index (χ4n) is 4.72. The van der Waals surface area contributed by atoms with Gasteiger partial charge in [0.1, 0.15) is 23.2 Å². The lowest BCUT2D eigenvalue weighted by atomic mass is 9.99. The topological polar surface area (TPSA) is 128 Å². The van der Waals surface area contributed by atoms with Gasteiger partial charge in [0.15, 0.2) is 0 Å². The van der Waals surface area contributed by atoms with Crippen molar-refractivity contribution in [1.82, 2.24) is 19.5 Å². The fraction of sp³-hybridized carbons (Fsp3) is 0.226. The maximum absolute atomic E-state index is 13.4. The van der Waals surface area contributed by atoms with Crippen molar-refractivity contribution in [3.05, 3.63) is 95.3 Å². The number of carboxylic acid groups (broad SMARTS) is 1. The molecule has 1 atom stereocenters. The highest BCUT2D eigenvalue weighted by Crippen LogP contribution is 2.35. The highest BCUT2D eigenvalue weighted by Gasteiger charge is 2.31. The maximum atomic E-state index is 13.4. The molecule has 3 aromatic carbocycles. The molecule has 5 aromatic rings. The second kappa shape index (κ2) is 12.8. The number of hydrogen-bond donors (Lipinski definition) is 3. The van der Waals surface area contributed by atoms with Crippen LogP contribution in [0.1, 0.15) is 41.3 Å². The average Bonchev–Trinajstić information content (AvgIpc) is 3.36. The number of ether oxygens (including phenoxy) is 1. The Morgan fingerprint density at radius 2 is 1.79 bits per heavy atom. The molecule has 0 radical (unpaired) electrons. The molecule has 0 unspecified atom stereocenters. The van der Waals surface area contributed by atoms with Crippen LogP contribution in [0.3, 0.4) is 0 Å². The number of halogens is 3. The predicted molar refractivity (Wildman–Crippen MR) is 159 cm³/mol. The molecule has 0 aliphatic carbocycles. The zero-order valence-corrected chi connectivity index (χ0v) is 24.0. The van der Waals surface area contributed by atoms with Crippen LogP contribution < -0.4 is 15.8 Å². The van der Waals surface area contributed by atoms with Crippen molar-refractivity contribution in [2.45, 2.75) is 32.5 Å². The van der Waals surface area contributed by atoms with E-state index in [1.165, 1.54) is 6.07 Å². The third-order valence-corrected chi connectivity index (χ3v) is 6.86. The monoisotopic (exact) mass is 592 g/mol. The Kier molecular flexibility index (Phi) is 9.18. The number of aryl methyl sites for hydroxylation is 2. The maximum Gasteiger partial charge on any atom is 0.416 e. The number of nitrogen functional groups attached to an aromatic ring is 1. The molecule has 0 bridgehead atoms. The molecule has 224 valence electrons. The quantitative estimate of drug-likeness (QED) is 0.146. The molecule has 0 aliphatic rings. The van der Waals surface area contributed by atoms with Crippen molar-refractivity contribution in [1.29, 1.82) is 0 Å². The summed E-state index contributed by atoms with van der Waals surface area (Å²) in [4.78, 5) is 21.9. The number of methoxy groups -OCH3 is 1. The van der Waals surface area contributed by atoms with E-state index >= 15 is 0 Å². The molecule has 43 heavy (non-hydrogen) atoms. The number of rotatable bonds is 7. The highest BCUT2D eigenvalue weighted by atomic mass is 19.4. The summed E-state index contributed by atoms with van der Waals surface area (Å²) in [7, 11) is 3.60. The third-order valence-electron chi connectivity index (χ3n) is 6.86. The molecule has 0 saturated carbocycles. The number of alkyl halides is 3. The van der Waals surface area contributed by atoms with Crippen LogP contribution in [0.2, 0.25) is 0 Å². The van der Waals surface area contributed by atoms with Gasteiger partial charge >= 0.3 is 6.18 Å². The van der Waals surface area contributed by atoms with Gasteiger partial charge in [0.05, 0.1) is 24.2 Å². The number of anilines is 2. The number of nitrogens with two attached hydrogens (primary N) is 1. The minimum Gasteiger partial charge on any atom is -0.496 e. The lowest BCUT2D eigenvalue weighted by Crippen LogP contribution is -2.12. The van der Waals surface area contributed by atoms with E-state index in [-0.39, 0.29) is 12.2 Å². The third kappa shape index (κ3) is 7.21. The van der Waals surface area contributed by atoms with Crippen molar-refractivity contribution in [2.75, 3.05) is 18.2 Å². The molecule has 0 saturated heterocycles. The Morgan fingerprint density at radius 1 is 1.09 bits per heavy atom.